The van der Waals surface area contributed by atoms with E-state index in [0.717, 1.165) is 10.5 Å². The Kier molecular flexibility index (Phi) is 6.26. The van der Waals surface area contributed by atoms with E-state index >= 15 is 0 Å². The Morgan fingerprint density at radius 2 is 1.89 bits per heavy atom. The number of primary amides is 1. The van der Waals surface area contributed by atoms with Crippen molar-refractivity contribution in [2.45, 2.75) is 33.9 Å². The summed E-state index contributed by atoms with van der Waals surface area (Å²) in [6.45, 7) is 7.09. The Labute approximate surface area is 203 Å². The van der Waals surface area contributed by atoms with E-state index in [9.17, 15) is 14.4 Å². The Morgan fingerprint density at radius 3 is 2.51 bits per heavy atom. The van der Waals surface area contributed by atoms with Crippen molar-refractivity contribution >= 4 is 34.8 Å². The van der Waals surface area contributed by atoms with Gasteiger partial charge in [-0.05, 0) is 30.7 Å². The number of rotatable bonds is 5. The Bertz CT molecular complexity index is 1310. The summed E-state index contributed by atoms with van der Waals surface area (Å²) >= 11 is 0. The molecule has 2 heterocycles. The Morgan fingerprint density at radius 1 is 1.14 bits per heavy atom. The lowest BCUT2D eigenvalue weighted by Gasteiger charge is -2.31. The van der Waals surface area contributed by atoms with Crippen molar-refractivity contribution in [1.29, 1.82) is 0 Å². The van der Waals surface area contributed by atoms with E-state index in [0.29, 0.717) is 28.5 Å². The summed E-state index contributed by atoms with van der Waals surface area (Å²) in [5, 5.41) is 0. The molecule has 0 bridgehead atoms. The van der Waals surface area contributed by atoms with Crippen LogP contribution < -0.4 is 15.5 Å². The summed E-state index contributed by atoms with van der Waals surface area (Å²) in [6, 6.07) is 13.4. The smallest absolute Gasteiger partial charge is 0.321 e. The number of aromatic amines is 1. The SMILES string of the molecule is Cc1cccc(N(C(N)=O)C2N=C(c3ncc[nH]3)c3ccccc3N(CC(=O)C(C)(C)C)C2=O)c1. The number of amides is 3. The number of aryl methyl sites for hydroxylation is 1. The number of benzodiazepines with no additional fused rings is 1. The first-order valence-electron chi connectivity index (χ1n) is 11.2. The summed E-state index contributed by atoms with van der Waals surface area (Å²) in [7, 11) is 0. The molecule has 9 heteroatoms. The third kappa shape index (κ3) is 4.70. The number of carbonyl (C=O) groups excluding carboxylic acids is 3. The maximum absolute atomic E-state index is 14.1. The first-order chi connectivity index (χ1) is 16.6. The molecule has 0 saturated heterocycles. The predicted octanol–water partition coefficient (Wildman–Crippen LogP) is 3.43. The Hall–Kier alpha value is -4.27. The van der Waals surface area contributed by atoms with Gasteiger partial charge in [-0.25, -0.2) is 14.8 Å². The van der Waals surface area contributed by atoms with Crippen molar-refractivity contribution in [3.05, 3.63) is 77.9 Å². The highest BCUT2D eigenvalue weighted by Crippen LogP contribution is 2.31. The van der Waals surface area contributed by atoms with Crippen LogP contribution in [-0.4, -0.2) is 46.1 Å². The maximum atomic E-state index is 14.1. The molecule has 4 rings (SSSR count). The van der Waals surface area contributed by atoms with Crippen LogP contribution in [-0.2, 0) is 9.59 Å². The number of hydrogen-bond acceptors (Lipinski definition) is 5. The molecule has 1 aliphatic rings. The number of ketones is 1. The molecule has 0 aliphatic carbocycles. The molecule has 1 aliphatic heterocycles. The number of fused-ring (bicyclic) bond motifs is 1. The molecule has 3 amide bonds. The van der Waals surface area contributed by atoms with Crippen molar-refractivity contribution in [2.75, 3.05) is 16.3 Å². The van der Waals surface area contributed by atoms with E-state index in [1.54, 1.807) is 63.5 Å². The molecule has 0 saturated carbocycles. The van der Waals surface area contributed by atoms with Gasteiger partial charge in [-0.1, -0.05) is 51.1 Å². The summed E-state index contributed by atoms with van der Waals surface area (Å²) in [5.74, 6) is -0.258. The second-order valence-electron chi connectivity index (χ2n) is 9.45. The molecule has 1 aromatic heterocycles. The third-order valence-electron chi connectivity index (χ3n) is 5.81. The minimum absolute atomic E-state index is 0.137. The van der Waals surface area contributed by atoms with Gasteiger partial charge < -0.3 is 15.6 Å². The van der Waals surface area contributed by atoms with Crippen molar-refractivity contribution in [2.24, 2.45) is 16.1 Å². The van der Waals surface area contributed by atoms with Crippen LogP contribution in [0, 0.1) is 12.3 Å². The van der Waals surface area contributed by atoms with Crippen LogP contribution in [0.1, 0.15) is 37.7 Å². The molecule has 3 N–H and O–H groups in total. The zero-order chi connectivity index (χ0) is 25.3. The summed E-state index contributed by atoms with van der Waals surface area (Å²) in [4.78, 5) is 54.5. The highest BCUT2D eigenvalue weighted by Gasteiger charge is 2.40. The van der Waals surface area contributed by atoms with Gasteiger partial charge in [0.1, 0.15) is 5.71 Å². The fraction of sp³-hybridized carbons (Fsp3) is 0.269. The standard InChI is InChI=1S/C26H28N6O3/c1-16-8-7-9-17(14-16)32(25(27)35)23-24(34)31(15-20(33)26(2,3)4)19-11-6-5-10-18(19)21(30-23)22-28-12-13-29-22/h5-14,23H,15H2,1-4H3,(H2,27,35)(H,28,29). The van der Waals surface area contributed by atoms with Crippen molar-refractivity contribution in [3.8, 4) is 0 Å². The van der Waals surface area contributed by atoms with Gasteiger partial charge in [-0.3, -0.25) is 14.5 Å². The van der Waals surface area contributed by atoms with E-state index < -0.39 is 23.5 Å². The first-order valence-corrected chi connectivity index (χ1v) is 11.2. The van der Waals surface area contributed by atoms with Gasteiger partial charge in [0.05, 0.1) is 12.2 Å². The number of nitrogens with one attached hydrogen (secondary N) is 1. The number of urea groups is 1. The van der Waals surface area contributed by atoms with E-state index in [1.165, 1.54) is 4.90 Å². The molecule has 1 atom stereocenters. The van der Waals surface area contributed by atoms with Gasteiger partial charge in [-0.15, -0.1) is 0 Å². The molecule has 0 fully saturated rings. The molecule has 9 nitrogen and oxygen atoms in total. The summed E-state index contributed by atoms with van der Waals surface area (Å²) in [5.41, 5.74) is 7.92. The molecular formula is C26H28N6O3. The van der Waals surface area contributed by atoms with Crippen LogP contribution in [0.5, 0.6) is 0 Å². The average molecular weight is 473 g/mol. The number of aliphatic imine (C=N–C) groups is 1. The van der Waals surface area contributed by atoms with Crippen molar-refractivity contribution in [3.63, 3.8) is 0 Å². The zero-order valence-corrected chi connectivity index (χ0v) is 20.1. The number of hydrogen-bond donors (Lipinski definition) is 2. The fourth-order valence-corrected chi connectivity index (χ4v) is 3.88. The highest BCUT2D eigenvalue weighted by molar-refractivity contribution is 6.20. The predicted molar refractivity (Wildman–Crippen MR) is 135 cm³/mol. The molecule has 0 radical (unpaired) electrons. The van der Waals surface area contributed by atoms with Gasteiger partial charge in [-0.2, -0.15) is 0 Å². The molecule has 3 aromatic rings. The van der Waals surface area contributed by atoms with E-state index in [2.05, 4.69) is 9.97 Å². The largest absolute Gasteiger partial charge is 0.351 e. The van der Waals surface area contributed by atoms with Gasteiger partial charge in [0.2, 0.25) is 6.17 Å². The van der Waals surface area contributed by atoms with Gasteiger partial charge in [0, 0.05) is 29.1 Å². The van der Waals surface area contributed by atoms with Crippen LogP contribution >= 0.6 is 0 Å². The van der Waals surface area contributed by atoms with Crippen LogP contribution in [0.2, 0.25) is 0 Å². The van der Waals surface area contributed by atoms with Crippen molar-refractivity contribution < 1.29 is 14.4 Å². The normalized spacial score (nSPS) is 15.8. The molecule has 0 spiro atoms. The van der Waals surface area contributed by atoms with Crippen LogP contribution in [0.4, 0.5) is 16.2 Å². The topological polar surface area (TPSA) is 125 Å². The molecule has 35 heavy (non-hydrogen) atoms. The number of imidazole rings is 1. The number of nitrogens with zero attached hydrogens (tertiary/aromatic N) is 4. The number of H-pyrrole nitrogens is 1. The third-order valence-corrected chi connectivity index (χ3v) is 5.81. The molecular weight excluding hydrogens is 444 g/mol. The lowest BCUT2D eigenvalue weighted by molar-refractivity contribution is -0.127. The zero-order valence-electron chi connectivity index (χ0n) is 20.1. The highest BCUT2D eigenvalue weighted by atomic mass is 16.2. The fourth-order valence-electron chi connectivity index (χ4n) is 3.88. The van der Waals surface area contributed by atoms with E-state index in [4.69, 9.17) is 10.7 Å². The summed E-state index contributed by atoms with van der Waals surface area (Å²) < 4.78 is 0. The minimum atomic E-state index is -1.35. The van der Waals surface area contributed by atoms with E-state index in [-0.39, 0.29) is 12.3 Å². The average Bonchev–Trinajstić information content (AvgIpc) is 3.30. The quantitative estimate of drug-likeness (QED) is 0.590. The van der Waals surface area contributed by atoms with Crippen LogP contribution in [0.25, 0.3) is 0 Å². The number of carbonyl (C=O) groups is 3. The summed E-state index contributed by atoms with van der Waals surface area (Å²) in [6.07, 6.45) is 1.87. The lowest BCUT2D eigenvalue weighted by Crippen LogP contribution is -2.53. The Balaban J connectivity index is 1.95. The van der Waals surface area contributed by atoms with Crippen molar-refractivity contribution in [1.82, 2.24) is 9.97 Å². The molecule has 1 unspecified atom stereocenters. The lowest BCUT2D eigenvalue weighted by atomic mass is 9.90. The molecule has 180 valence electrons. The van der Waals surface area contributed by atoms with Crippen LogP contribution in [0.3, 0.4) is 0 Å². The second-order valence-corrected chi connectivity index (χ2v) is 9.45. The number of aromatic nitrogens is 2. The van der Waals surface area contributed by atoms with Gasteiger partial charge >= 0.3 is 6.03 Å². The minimum Gasteiger partial charge on any atom is -0.351 e. The number of anilines is 2. The number of Topliss-reactive ketones (excluding diaryl/α,β-unsaturated/α-hetero) is 1. The number of benzene rings is 2. The number of nitrogens with two attached hydrogens (primary N) is 1. The van der Waals surface area contributed by atoms with Crippen LogP contribution in [0.15, 0.2) is 65.9 Å². The monoisotopic (exact) mass is 472 g/mol. The first kappa shape index (κ1) is 23.9. The maximum Gasteiger partial charge on any atom is 0.321 e. The second kappa shape index (κ2) is 9.17. The van der Waals surface area contributed by atoms with E-state index in [1.807, 2.05) is 25.1 Å². The van der Waals surface area contributed by atoms with Gasteiger partial charge in [0.15, 0.2) is 11.6 Å². The molecule has 2 aromatic carbocycles. The number of para-hydroxylation sites is 1. The van der Waals surface area contributed by atoms with Gasteiger partial charge in [0.25, 0.3) is 5.91 Å².